The van der Waals surface area contributed by atoms with Gasteiger partial charge in [0.1, 0.15) is 12.4 Å². The smallest absolute Gasteiger partial charge is 0.191 e. The second-order valence-electron chi connectivity index (χ2n) is 6.54. The van der Waals surface area contributed by atoms with Crippen molar-refractivity contribution in [3.8, 4) is 5.75 Å². The molecule has 25 heavy (non-hydrogen) atoms. The number of hydrogen-bond donors (Lipinski definition) is 2. The molecule has 0 bridgehead atoms. The van der Waals surface area contributed by atoms with Crippen LogP contribution in [0.25, 0.3) is 0 Å². The predicted octanol–water partition coefficient (Wildman–Crippen LogP) is 2.87. The molecule has 1 aromatic rings. The zero-order valence-electron chi connectivity index (χ0n) is 16.1. The number of benzene rings is 1. The molecule has 1 saturated carbocycles. The molecule has 2 rings (SSSR count). The molecule has 5 nitrogen and oxygen atoms in total. The number of rotatable bonds is 11. The number of nitrogens with one attached hydrogen (secondary N) is 2. The van der Waals surface area contributed by atoms with E-state index in [0.29, 0.717) is 6.54 Å². The first-order valence-electron chi connectivity index (χ1n) is 9.71. The number of aliphatic imine (C=N–C) groups is 1. The van der Waals surface area contributed by atoms with Gasteiger partial charge in [0.2, 0.25) is 0 Å². The van der Waals surface area contributed by atoms with Gasteiger partial charge >= 0.3 is 0 Å². The lowest BCUT2D eigenvalue weighted by atomic mass is 10.2. The zero-order chi connectivity index (χ0) is 17.9. The third-order valence-electron chi connectivity index (χ3n) is 4.51. The van der Waals surface area contributed by atoms with Gasteiger partial charge in [-0.25, -0.2) is 4.99 Å². The molecular formula is C20H34N4O. The van der Waals surface area contributed by atoms with Crippen LogP contribution in [-0.2, 0) is 6.54 Å². The van der Waals surface area contributed by atoms with Crippen LogP contribution in [0.15, 0.2) is 29.3 Å². The summed E-state index contributed by atoms with van der Waals surface area (Å²) < 4.78 is 5.83. The summed E-state index contributed by atoms with van der Waals surface area (Å²) in [5.74, 6) is 2.68. The summed E-state index contributed by atoms with van der Waals surface area (Å²) in [5, 5.41) is 6.73. The summed E-state index contributed by atoms with van der Waals surface area (Å²) in [4.78, 5) is 7.03. The fourth-order valence-electron chi connectivity index (χ4n) is 2.60. The van der Waals surface area contributed by atoms with Gasteiger partial charge in [-0.3, -0.25) is 0 Å². The summed E-state index contributed by atoms with van der Waals surface area (Å²) in [5.41, 5.74) is 1.19. The minimum absolute atomic E-state index is 0.680. The van der Waals surface area contributed by atoms with E-state index in [1.54, 1.807) is 0 Å². The van der Waals surface area contributed by atoms with Gasteiger partial charge in [-0.15, -0.1) is 0 Å². The van der Waals surface area contributed by atoms with Crippen LogP contribution in [-0.4, -0.2) is 50.2 Å². The van der Waals surface area contributed by atoms with Gasteiger partial charge in [-0.2, -0.15) is 0 Å². The highest BCUT2D eigenvalue weighted by atomic mass is 16.5. The Balaban J connectivity index is 1.76. The standard InChI is InChI=1S/C20H34N4O/c1-4-21-20(22-15-17-7-8-17)23-16-18-9-11-19(12-10-18)25-14-13-24(5-2)6-3/h9-12,17H,4-8,13-16H2,1-3H3,(H2,21,22,23). The average molecular weight is 347 g/mol. The normalized spacial score (nSPS) is 14.6. The van der Waals surface area contributed by atoms with E-state index in [1.165, 1.54) is 18.4 Å². The molecule has 1 aliphatic rings. The minimum Gasteiger partial charge on any atom is -0.492 e. The van der Waals surface area contributed by atoms with Crippen molar-refractivity contribution in [2.24, 2.45) is 10.9 Å². The van der Waals surface area contributed by atoms with Crippen molar-refractivity contribution in [3.05, 3.63) is 29.8 Å². The molecule has 2 N–H and O–H groups in total. The second-order valence-corrected chi connectivity index (χ2v) is 6.54. The first kappa shape index (κ1) is 19.6. The largest absolute Gasteiger partial charge is 0.492 e. The van der Waals surface area contributed by atoms with Crippen LogP contribution >= 0.6 is 0 Å². The molecule has 0 amide bonds. The van der Waals surface area contributed by atoms with Gasteiger partial charge in [-0.05, 0) is 56.5 Å². The molecule has 0 spiro atoms. The Labute approximate surface area is 152 Å². The van der Waals surface area contributed by atoms with E-state index in [9.17, 15) is 0 Å². The summed E-state index contributed by atoms with van der Waals surface area (Å²) in [7, 11) is 0. The third kappa shape index (κ3) is 7.78. The summed E-state index contributed by atoms with van der Waals surface area (Å²) >= 11 is 0. The van der Waals surface area contributed by atoms with E-state index in [0.717, 1.165) is 57.0 Å². The zero-order valence-corrected chi connectivity index (χ0v) is 16.1. The molecule has 0 unspecified atom stereocenters. The highest BCUT2D eigenvalue weighted by Crippen LogP contribution is 2.27. The van der Waals surface area contributed by atoms with Gasteiger partial charge < -0.3 is 20.3 Å². The number of hydrogen-bond acceptors (Lipinski definition) is 3. The highest BCUT2D eigenvalue weighted by molar-refractivity contribution is 5.79. The summed E-state index contributed by atoms with van der Waals surface area (Å²) in [6.07, 6.45) is 2.70. The maximum absolute atomic E-state index is 5.83. The first-order valence-corrected chi connectivity index (χ1v) is 9.71. The Hall–Kier alpha value is -1.75. The second kappa shape index (κ2) is 11.0. The van der Waals surface area contributed by atoms with Gasteiger partial charge in [0, 0.05) is 19.6 Å². The van der Waals surface area contributed by atoms with E-state index >= 15 is 0 Å². The van der Waals surface area contributed by atoms with Crippen LogP contribution in [0.3, 0.4) is 0 Å². The summed E-state index contributed by atoms with van der Waals surface area (Å²) in [6.45, 7) is 12.9. The Morgan fingerprint density at radius 1 is 1.12 bits per heavy atom. The quantitative estimate of drug-likeness (QED) is 0.478. The van der Waals surface area contributed by atoms with Gasteiger partial charge in [0.25, 0.3) is 0 Å². The topological polar surface area (TPSA) is 48.9 Å². The van der Waals surface area contributed by atoms with Crippen molar-refractivity contribution in [2.75, 3.05) is 39.3 Å². The monoisotopic (exact) mass is 346 g/mol. The number of ether oxygens (including phenoxy) is 1. The average Bonchev–Trinajstić information content (AvgIpc) is 3.46. The van der Waals surface area contributed by atoms with Crippen LogP contribution in [0, 0.1) is 5.92 Å². The lowest BCUT2D eigenvalue weighted by molar-refractivity contribution is 0.223. The molecule has 0 heterocycles. The van der Waals surface area contributed by atoms with Crippen molar-refractivity contribution >= 4 is 5.96 Å². The van der Waals surface area contributed by atoms with Crippen molar-refractivity contribution < 1.29 is 4.74 Å². The van der Waals surface area contributed by atoms with Crippen molar-refractivity contribution in [2.45, 2.75) is 40.2 Å². The molecule has 5 heteroatoms. The minimum atomic E-state index is 0.680. The lowest BCUT2D eigenvalue weighted by Crippen LogP contribution is -2.38. The van der Waals surface area contributed by atoms with E-state index < -0.39 is 0 Å². The molecule has 0 radical (unpaired) electrons. The maximum atomic E-state index is 5.83. The maximum Gasteiger partial charge on any atom is 0.191 e. The summed E-state index contributed by atoms with van der Waals surface area (Å²) in [6, 6.07) is 8.27. The lowest BCUT2D eigenvalue weighted by Gasteiger charge is -2.18. The Morgan fingerprint density at radius 3 is 2.44 bits per heavy atom. The van der Waals surface area contributed by atoms with Gasteiger partial charge in [-0.1, -0.05) is 26.0 Å². The molecule has 0 saturated heterocycles. The van der Waals surface area contributed by atoms with E-state index in [2.05, 4.69) is 53.4 Å². The van der Waals surface area contributed by atoms with Gasteiger partial charge in [0.15, 0.2) is 5.96 Å². The number of likely N-dealkylation sites (N-methyl/N-ethyl adjacent to an activating group) is 1. The Kier molecular flexibility index (Phi) is 8.60. The van der Waals surface area contributed by atoms with Crippen LogP contribution in [0.1, 0.15) is 39.2 Å². The molecular weight excluding hydrogens is 312 g/mol. The predicted molar refractivity (Wildman–Crippen MR) is 105 cm³/mol. The molecule has 1 aromatic carbocycles. The molecule has 0 aromatic heterocycles. The third-order valence-corrected chi connectivity index (χ3v) is 4.51. The van der Waals surface area contributed by atoms with E-state index in [4.69, 9.17) is 4.74 Å². The number of nitrogens with zero attached hydrogens (tertiary/aromatic N) is 2. The van der Waals surface area contributed by atoms with E-state index in [1.807, 2.05) is 12.1 Å². The van der Waals surface area contributed by atoms with Crippen LogP contribution in [0.5, 0.6) is 5.75 Å². The fraction of sp³-hybridized carbons (Fsp3) is 0.650. The van der Waals surface area contributed by atoms with E-state index in [-0.39, 0.29) is 0 Å². The Bertz CT molecular complexity index is 507. The first-order chi connectivity index (χ1) is 12.2. The van der Waals surface area contributed by atoms with Gasteiger partial charge in [0.05, 0.1) is 6.54 Å². The molecule has 1 fully saturated rings. The van der Waals surface area contributed by atoms with Crippen molar-refractivity contribution in [1.82, 2.24) is 15.5 Å². The fourth-order valence-corrected chi connectivity index (χ4v) is 2.60. The molecule has 0 aliphatic heterocycles. The van der Waals surface area contributed by atoms with Crippen molar-refractivity contribution in [3.63, 3.8) is 0 Å². The molecule has 1 aliphatic carbocycles. The number of guanidine groups is 1. The molecule has 140 valence electrons. The van der Waals surface area contributed by atoms with Crippen LogP contribution in [0.2, 0.25) is 0 Å². The Morgan fingerprint density at radius 2 is 1.84 bits per heavy atom. The van der Waals surface area contributed by atoms with Crippen molar-refractivity contribution in [1.29, 1.82) is 0 Å². The molecule has 0 atom stereocenters. The SMILES string of the molecule is CCNC(=NCc1ccc(OCCN(CC)CC)cc1)NCC1CC1. The van der Waals surface area contributed by atoms with Crippen LogP contribution in [0.4, 0.5) is 0 Å². The highest BCUT2D eigenvalue weighted by Gasteiger charge is 2.20. The van der Waals surface area contributed by atoms with Crippen LogP contribution < -0.4 is 15.4 Å².